The zero-order valence-electron chi connectivity index (χ0n) is 22.5. The van der Waals surface area contributed by atoms with E-state index in [-0.39, 0.29) is 18.3 Å². The number of hydrogen-bond donors (Lipinski definition) is 1. The normalized spacial score (nSPS) is 11.3. The number of likely N-dealkylation sites (N-methyl/N-ethyl adjacent to an activating group) is 1. The number of halogens is 1. The number of carbonyl (C=O) groups excluding carboxylic acids is 2. The first-order valence-electron chi connectivity index (χ1n) is 12.9. The third kappa shape index (κ3) is 5.06. The molecule has 0 fully saturated rings. The molecule has 1 N–H and O–H groups in total. The van der Waals surface area contributed by atoms with Crippen molar-refractivity contribution >= 4 is 22.8 Å². The number of fused-ring (bicyclic) bond motifs is 1. The number of hydrogen-bond acceptors (Lipinski definition) is 4. The Morgan fingerprint density at radius 1 is 0.850 bits per heavy atom. The van der Waals surface area contributed by atoms with Crippen LogP contribution in [0, 0.1) is 5.82 Å². The van der Waals surface area contributed by atoms with Crippen molar-refractivity contribution in [2.45, 2.75) is 25.9 Å². The number of aromatic nitrogens is 1. The molecule has 40 heavy (non-hydrogen) atoms. The smallest absolute Gasteiger partial charge is 0.343 e. The molecule has 0 aliphatic rings. The molecule has 0 aliphatic heterocycles. The Morgan fingerprint density at radius 2 is 1.50 bits per heavy atom. The molecule has 6 nitrogen and oxygen atoms in total. The summed E-state index contributed by atoms with van der Waals surface area (Å²) in [5.74, 6) is -0.583. The van der Waals surface area contributed by atoms with E-state index in [2.05, 4.69) is 5.32 Å². The van der Waals surface area contributed by atoms with Gasteiger partial charge in [0.05, 0.1) is 27.6 Å². The predicted octanol–water partition coefficient (Wildman–Crippen LogP) is 6.59. The fraction of sp³-hybridized carbons (Fsp3) is 0.152. The Kier molecular flexibility index (Phi) is 7.38. The summed E-state index contributed by atoms with van der Waals surface area (Å²) in [5, 5.41) is 3.25. The van der Waals surface area contributed by atoms with Crippen LogP contribution in [0.3, 0.4) is 0 Å². The van der Waals surface area contributed by atoms with Crippen molar-refractivity contribution in [3.8, 4) is 17.2 Å². The second-order valence-corrected chi connectivity index (χ2v) is 9.87. The van der Waals surface area contributed by atoms with E-state index in [0.717, 1.165) is 5.56 Å². The highest BCUT2D eigenvalue weighted by atomic mass is 19.1. The van der Waals surface area contributed by atoms with Crippen molar-refractivity contribution in [3.05, 3.63) is 126 Å². The van der Waals surface area contributed by atoms with Crippen LogP contribution in [-0.4, -0.2) is 23.5 Å². The third-order valence-corrected chi connectivity index (χ3v) is 6.82. The predicted molar refractivity (Wildman–Crippen MR) is 153 cm³/mol. The minimum absolute atomic E-state index is 0.199. The van der Waals surface area contributed by atoms with Gasteiger partial charge in [0.1, 0.15) is 18.2 Å². The molecular formula is C33H29FN2O4. The summed E-state index contributed by atoms with van der Waals surface area (Å²) in [5.41, 5.74) is 1.81. The maximum atomic E-state index is 14.0. The first-order valence-corrected chi connectivity index (χ1v) is 12.9. The van der Waals surface area contributed by atoms with Gasteiger partial charge in [0, 0.05) is 12.7 Å². The zero-order chi connectivity index (χ0) is 28.3. The van der Waals surface area contributed by atoms with Gasteiger partial charge in [-0.2, -0.15) is 0 Å². The second kappa shape index (κ2) is 11.1. The van der Waals surface area contributed by atoms with Gasteiger partial charge in [0.2, 0.25) is 5.91 Å². The van der Waals surface area contributed by atoms with Gasteiger partial charge >= 0.3 is 5.97 Å². The molecule has 0 saturated carbocycles. The molecule has 0 atom stereocenters. The molecular weight excluding hydrogens is 507 g/mol. The fourth-order valence-corrected chi connectivity index (χ4v) is 4.80. The minimum atomic E-state index is -1.18. The monoisotopic (exact) mass is 536 g/mol. The highest BCUT2D eigenvalue weighted by molar-refractivity contribution is 6.02. The molecule has 0 unspecified atom stereocenters. The lowest BCUT2D eigenvalue weighted by atomic mass is 9.87. The number of esters is 1. The standard InChI is InChI=1S/C33H29FN2O4/c1-33(2,32(38)35-3)30-29(40-31(37)23-13-8-5-9-14-23)28-26(36(30)25-19-17-24(34)18-20-25)15-10-16-27(28)39-21-22-11-6-4-7-12-22/h4-20H,21H2,1-3H3,(H,35,38). The Morgan fingerprint density at radius 3 is 2.15 bits per heavy atom. The highest BCUT2D eigenvalue weighted by Gasteiger charge is 2.39. The molecule has 5 aromatic rings. The summed E-state index contributed by atoms with van der Waals surface area (Å²) < 4.78 is 28.2. The van der Waals surface area contributed by atoms with E-state index in [4.69, 9.17) is 9.47 Å². The summed E-state index contributed by atoms with van der Waals surface area (Å²) in [7, 11) is 1.55. The second-order valence-electron chi connectivity index (χ2n) is 9.87. The molecule has 0 aliphatic carbocycles. The first-order chi connectivity index (χ1) is 19.3. The molecule has 0 bridgehead atoms. The maximum absolute atomic E-state index is 14.0. The molecule has 5 rings (SSSR count). The molecule has 0 spiro atoms. The van der Waals surface area contributed by atoms with Gasteiger partial charge in [-0.1, -0.05) is 54.6 Å². The average molecular weight is 537 g/mol. The maximum Gasteiger partial charge on any atom is 0.343 e. The molecule has 1 amide bonds. The molecule has 0 radical (unpaired) electrons. The zero-order valence-corrected chi connectivity index (χ0v) is 22.5. The van der Waals surface area contributed by atoms with Crippen molar-refractivity contribution in [3.63, 3.8) is 0 Å². The lowest BCUT2D eigenvalue weighted by molar-refractivity contribution is -0.125. The van der Waals surface area contributed by atoms with Gasteiger partial charge in [-0.15, -0.1) is 0 Å². The molecule has 1 aromatic heterocycles. The Hall–Kier alpha value is -4.91. The lowest BCUT2D eigenvalue weighted by Crippen LogP contribution is -2.39. The van der Waals surface area contributed by atoms with Gasteiger partial charge in [0.25, 0.3) is 0 Å². The van der Waals surface area contributed by atoms with Crippen LogP contribution in [0.5, 0.6) is 11.5 Å². The highest BCUT2D eigenvalue weighted by Crippen LogP contribution is 2.46. The van der Waals surface area contributed by atoms with Crippen molar-refractivity contribution < 1.29 is 23.5 Å². The lowest BCUT2D eigenvalue weighted by Gasteiger charge is -2.26. The number of amides is 1. The SMILES string of the molecule is CNC(=O)C(C)(C)c1c(OC(=O)c2ccccc2)c2c(OCc3ccccc3)cccc2n1-c1ccc(F)cc1. The molecule has 0 saturated heterocycles. The van der Waals surface area contributed by atoms with E-state index in [1.54, 1.807) is 63.4 Å². The Labute approximate surface area is 232 Å². The van der Waals surface area contributed by atoms with Crippen LogP contribution in [-0.2, 0) is 16.8 Å². The van der Waals surface area contributed by atoms with Crippen molar-refractivity contribution in [2.24, 2.45) is 0 Å². The van der Waals surface area contributed by atoms with Crippen LogP contribution in [0.1, 0.15) is 35.5 Å². The van der Waals surface area contributed by atoms with E-state index in [0.29, 0.717) is 33.6 Å². The van der Waals surface area contributed by atoms with Crippen LogP contribution in [0.4, 0.5) is 4.39 Å². The van der Waals surface area contributed by atoms with Crippen LogP contribution < -0.4 is 14.8 Å². The number of ether oxygens (including phenoxy) is 2. The van der Waals surface area contributed by atoms with E-state index < -0.39 is 17.2 Å². The van der Waals surface area contributed by atoms with Crippen molar-refractivity contribution in [1.82, 2.24) is 9.88 Å². The fourth-order valence-electron chi connectivity index (χ4n) is 4.80. The number of nitrogens with one attached hydrogen (secondary N) is 1. The van der Waals surface area contributed by atoms with Crippen LogP contribution >= 0.6 is 0 Å². The third-order valence-electron chi connectivity index (χ3n) is 6.82. The number of rotatable bonds is 8. The van der Waals surface area contributed by atoms with Crippen LogP contribution in [0.2, 0.25) is 0 Å². The van der Waals surface area contributed by atoms with Crippen molar-refractivity contribution in [1.29, 1.82) is 0 Å². The number of benzene rings is 4. The average Bonchev–Trinajstić information content (AvgIpc) is 3.32. The summed E-state index contributed by atoms with van der Waals surface area (Å²) in [4.78, 5) is 26.7. The van der Waals surface area contributed by atoms with Crippen molar-refractivity contribution in [2.75, 3.05) is 7.05 Å². The molecule has 1 heterocycles. The number of carbonyl (C=O) groups is 2. The van der Waals surface area contributed by atoms with Gasteiger partial charge in [-0.25, -0.2) is 9.18 Å². The summed E-state index contributed by atoms with van der Waals surface area (Å²) in [6.45, 7) is 3.79. The molecule has 4 aromatic carbocycles. The van der Waals surface area contributed by atoms with E-state index >= 15 is 0 Å². The van der Waals surface area contributed by atoms with Gasteiger partial charge in [-0.3, -0.25) is 4.79 Å². The Bertz CT molecular complexity index is 1660. The van der Waals surface area contributed by atoms with Gasteiger partial charge in [0.15, 0.2) is 5.75 Å². The molecule has 7 heteroatoms. The summed E-state index contributed by atoms with van der Waals surface area (Å²) in [6.07, 6.45) is 0. The topological polar surface area (TPSA) is 69.6 Å². The summed E-state index contributed by atoms with van der Waals surface area (Å²) in [6, 6.07) is 29.8. The van der Waals surface area contributed by atoms with Gasteiger partial charge in [-0.05, 0) is 67.9 Å². The van der Waals surface area contributed by atoms with E-state index in [9.17, 15) is 14.0 Å². The van der Waals surface area contributed by atoms with Crippen LogP contribution in [0.15, 0.2) is 103 Å². The first kappa shape index (κ1) is 26.7. The van der Waals surface area contributed by atoms with E-state index in [1.807, 2.05) is 53.1 Å². The molecule has 202 valence electrons. The largest absolute Gasteiger partial charge is 0.488 e. The van der Waals surface area contributed by atoms with Crippen LogP contribution in [0.25, 0.3) is 16.6 Å². The van der Waals surface area contributed by atoms with E-state index in [1.165, 1.54) is 12.1 Å². The quantitative estimate of drug-likeness (QED) is 0.227. The minimum Gasteiger partial charge on any atom is -0.488 e. The Balaban J connectivity index is 1.79. The summed E-state index contributed by atoms with van der Waals surface area (Å²) >= 11 is 0. The van der Waals surface area contributed by atoms with Gasteiger partial charge < -0.3 is 19.4 Å². The number of nitrogens with zero attached hydrogens (tertiary/aromatic N) is 1.